The van der Waals surface area contributed by atoms with Crippen molar-refractivity contribution in [3.05, 3.63) is 108 Å². The molecule has 0 spiro atoms. The summed E-state index contributed by atoms with van der Waals surface area (Å²) in [7, 11) is 0. The monoisotopic (exact) mass is 672 g/mol. The van der Waals surface area contributed by atoms with Crippen LogP contribution in [0.4, 0.5) is 0 Å². The molecule has 1 atom stereocenters. The fourth-order valence-corrected chi connectivity index (χ4v) is 3.66. The van der Waals surface area contributed by atoms with Crippen molar-refractivity contribution in [3.63, 3.8) is 0 Å². The second kappa shape index (κ2) is 10.7. The number of rotatable bonds is 10. The Kier molecular flexibility index (Phi) is 7.83. The summed E-state index contributed by atoms with van der Waals surface area (Å²) in [5.41, 5.74) is 1.64. The number of carbonyl (C=O) groups is 2. The van der Waals surface area contributed by atoms with E-state index in [0.717, 1.165) is 16.7 Å². The second-order valence-electron chi connectivity index (χ2n) is 7.07. The summed E-state index contributed by atoms with van der Waals surface area (Å²) in [6.45, 7) is 0. The van der Waals surface area contributed by atoms with E-state index in [1.807, 2.05) is 91.0 Å². The van der Waals surface area contributed by atoms with E-state index >= 15 is 0 Å². The van der Waals surface area contributed by atoms with Crippen LogP contribution in [0, 0.1) is 0 Å². The van der Waals surface area contributed by atoms with Crippen LogP contribution in [0.5, 0.6) is 0 Å². The molecule has 2 amide bonds. The molecule has 0 heterocycles. The Morgan fingerprint density at radius 1 is 0.812 bits per heavy atom. The third-order valence-corrected chi connectivity index (χ3v) is 5.14. The molecule has 7 heteroatoms. The van der Waals surface area contributed by atoms with Crippen molar-refractivity contribution < 1.29 is 19.5 Å². The zero-order valence-corrected chi connectivity index (χ0v) is 19.5. The van der Waals surface area contributed by atoms with Gasteiger partial charge in [0.05, 0.1) is 6.04 Å². The van der Waals surface area contributed by atoms with Gasteiger partial charge in [0.1, 0.15) is 5.54 Å². The van der Waals surface area contributed by atoms with Gasteiger partial charge in [0, 0.05) is 6.42 Å². The molecule has 0 radical (unpaired) electrons. The first kappa shape index (κ1) is 23.3. The summed E-state index contributed by atoms with van der Waals surface area (Å²) in [5.74, 6) is -1.55. The molecule has 3 aromatic carbocycles. The number of aliphatic carboxylic acids is 1. The summed E-state index contributed by atoms with van der Waals surface area (Å²) in [6, 6.07) is 27.7. The molecule has 3 N–H and O–H groups in total. The average Bonchev–Trinajstić information content (AvgIpc) is 2.81. The predicted octanol–water partition coefficient (Wildman–Crippen LogP) is 2.98. The SMILES string of the molecule is O=[C-]NC(CCC(=O)NC(c1ccccc1)(c1ccccc1)c1ccccc1)C(=O)O.[Fm]. The van der Waals surface area contributed by atoms with E-state index in [1.165, 1.54) is 6.41 Å². The smallest absolute Gasteiger partial charge is 0.323 e. The maximum atomic E-state index is 13.1. The van der Waals surface area contributed by atoms with Gasteiger partial charge in [0.15, 0.2) is 0 Å². The first-order valence-electron chi connectivity index (χ1n) is 9.91. The molecule has 32 heavy (non-hydrogen) atoms. The van der Waals surface area contributed by atoms with E-state index in [0.29, 0.717) is 0 Å². The average molecular weight is 672 g/mol. The molecule has 0 saturated carbocycles. The second-order valence-corrected chi connectivity index (χ2v) is 7.07. The Balaban J connectivity index is 0.00000363. The summed E-state index contributed by atoms with van der Waals surface area (Å²) >= 11 is 0. The number of hydrogen-bond donors (Lipinski definition) is 3. The summed E-state index contributed by atoms with van der Waals surface area (Å²) in [6.07, 6.45) is 1.25. The van der Waals surface area contributed by atoms with Gasteiger partial charge in [-0.2, -0.15) is 6.41 Å². The van der Waals surface area contributed by atoms with Crippen LogP contribution < -0.4 is 10.6 Å². The van der Waals surface area contributed by atoms with Crippen molar-refractivity contribution >= 4 is 18.3 Å². The van der Waals surface area contributed by atoms with Crippen LogP contribution in [0.3, 0.4) is 0 Å². The maximum absolute atomic E-state index is 13.1. The largest absolute Gasteiger partial charge is 0.520 e. The number of carbonyl (C=O) groups excluding carboxylic acids is 2. The van der Waals surface area contributed by atoms with Crippen molar-refractivity contribution in [3.8, 4) is 0 Å². The van der Waals surface area contributed by atoms with Crippen LogP contribution in [0.1, 0.15) is 29.5 Å². The Hall–Kier alpha value is -4.93. The van der Waals surface area contributed by atoms with Crippen LogP contribution in [0.15, 0.2) is 91.0 Å². The molecular formula is C25H23FmN2O4-. The molecule has 0 aliphatic heterocycles. The molecule has 0 aromatic heterocycles. The number of benzene rings is 3. The molecule has 3 rings (SSSR count). The van der Waals surface area contributed by atoms with Crippen molar-refractivity contribution in [1.82, 2.24) is 10.6 Å². The van der Waals surface area contributed by atoms with Crippen LogP contribution >= 0.6 is 0 Å². The fourth-order valence-electron chi connectivity index (χ4n) is 3.66. The van der Waals surface area contributed by atoms with Gasteiger partial charge in [-0.1, -0.05) is 91.0 Å². The van der Waals surface area contributed by atoms with Crippen LogP contribution in [0.25, 0.3) is 0 Å². The van der Waals surface area contributed by atoms with Gasteiger partial charge in [0.2, 0.25) is 5.91 Å². The Bertz CT molecular complexity index is 917. The number of nitrogens with one attached hydrogen (secondary N) is 2. The van der Waals surface area contributed by atoms with E-state index in [2.05, 4.69) is 10.6 Å². The molecular weight excluding hydrogens is 649 g/mol. The van der Waals surface area contributed by atoms with Crippen molar-refractivity contribution in [2.45, 2.75) is 24.4 Å². The summed E-state index contributed by atoms with van der Waals surface area (Å²) < 4.78 is 0. The molecule has 0 fully saturated rings. The Morgan fingerprint density at radius 2 is 1.22 bits per heavy atom. The van der Waals surface area contributed by atoms with Gasteiger partial charge in [-0.3, -0.25) is 9.59 Å². The number of carboxylic acid groups (broad SMARTS) is 1. The predicted molar refractivity (Wildman–Crippen MR) is 117 cm³/mol. The van der Waals surface area contributed by atoms with E-state index in [9.17, 15) is 19.5 Å². The molecule has 1 unspecified atom stereocenters. The first-order chi connectivity index (χ1) is 15.1. The number of hydrogen-bond acceptors (Lipinski definition) is 3. The molecule has 6 nitrogen and oxygen atoms in total. The molecule has 0 saturated heterocycles. The minimum atomic E-state index is -1.21. The van der Waals surface area contributed by atoms with E-state index in [-0.39, 0.29) is 18.7 Å². The number of carboxylic acids is 1. The van der Waals surface area contributed by atoms with Crippen molar-refractivity contribution in [2.24, 2.45) is 0 Å². The topological polar surface area (TPSA) is 95.5 Å². The zero-order valence-electron chi connectivity index (χ0n) is 17.1. The van der Waals surface area contributed by atoms with Gasteiger partial charge in [-0.15, -0.1) is 0 Å². The van der Waals surface area contributed by atoms with Gasteiger partial charge in [-0.25, -0.2) is 0 Å². The molecule has 0 aliphatic rings. The van der Waals surface area contributed by atoms with Crippen LogP contribution in [-0.4, -0.2) is 29.4 Å². The van der Waals surface area contributed by atoms with E-state index in [1.54, 1.807) is 0 Å². The van der Waals surface area contributed by atoms with E-state index < -0.39 is 17.6 Å². The number of amides is 2. The normalized spacial score (nSPS) is 11.5. The Morgan fingerprint density at radius 3 is 1.56 bits per heavy atom. The zero-order chi connectivity index (χ0) is 22.1. The minimum absolute atomic E-state index is 0. The van der Waals surface area contributed by atoms with Crippen molar-refractivity contribution in [1.29, 1.82) is 0 Å². The quantitative estimate of drug-likeness (QED) is 0.176. The van der Waals surface area contributed by atoms with Crippen LogP contribution in [-0.2, 0) is 19.9 Å². The van der Waals surface area contributed by atoms with Gasteiger partial charge in [-0.05, 0) is 23.1 Å². The third-order valence-electron chi connectivity index (χ3n) is 5.14. The first-order valence-corrected chi connectivity index (χ1v) is 9.91. The minimum Gasteiger partial charge on any atom is -0.520 e. The summed E-state index contributed by atoms with van der Waals surface area (Å²) in [4.78, 5) is 34.9. The van der Waals surface area contributed by atoms with Gasteiger partial charge < -0.3 is 20.5 Å². The maximum Gasteiger partial charge on any atom is 0.323 e. The summed E-state index contributed by atoms with van der Waals surface area (Å²) in [5, 5.41) is 14.5. The van der Waals surface area contributed by atoms with Gasteiger partial charge in [0.25, 0.3) is 0 Å². The van der Waals surface area contributed by atoms with E-state index in [4.69, 9.17) is 0 Å². The van der Waals surface area contributed by atoms with Crippen molar-refractivity contribution in [2.75, 3.05) is 0 Å². The molecule has 0 aliphatic carbocycles. The fraction of sp³-hybridized carbons (Fsp3) is 0.160. The third kappa shape index (κ3) is 4.97. The standard InChI is InChI=1S/C25H23N2O4.Fm/c28-18-26-22(24(30)31)16-17-23(29)27-25(19-10-4-1-5-11-19,20-12-6-2-7-13-20)21-14-8-3-9-15-21;/h1-15,22H,16-17H2,(H,26,28)(H,27,29)(H,30,31);/q-1;. The molecule has 170 valence electrons. The molecule has 0 bridgehead atoms. The van der Waals surface area contributed by atoms with Gasteiger partial charge >= 0.3 is 5.97 Å². The molecule has 3 aromatic rings. The van der Waals surface area contributed by atoms with Crippen LogP contribution in [0.2, 0.25) is 0 Å². The Labute approximate surface area is 180 Å².